The van der Waals surface area contributed by atoms with Crippen molar-refractivity contribution in [2.45, 2.75) is 32.6 Å². The number of piperazine rings is 1. The Hall–Kier alpha value is -2.06. The lowest BCUT2D eigenvalue weighted by Crippen LogP contribution is -2.52. The van der Waals surface area contributed by atoms with E-state index < -0.39 is 22.9 Å². The van der Waals surface area contributed by atoms with Gasteiger partial charge in [-0.1, -0.05) is 23.7 Å². The van der Waals surface area contributed by atoms with Gasteiger partial charge in [0.15, 0.2) is 5.69 Å². The molecule has 3 rings (SSSR count). The molecule has 0 saturated carbocycles. The summed E-state index contributed by atoms with van der Waals surface area (Å²) < 4.78 is 40.2. The summed E-state index contributed by atoms with van der Waals surface area (Å²) >= 11 is 5.80. The molecule has 1 saturated heterocycles. The van der Waals surface area contributed by atoms with Gasteiger partial charge in [-0.3, -0.25) is 9.58 Å². The van der Waals surface area contributed by atoms with Crippen molar-refractivity contribution in [1.29, 1.82) is 0 Å². The summed E-state index contributed by atoms with van der Waals surface area (Å²) in [6.45, 7) is 6.29. The van der Waals surface area contributed by atoms with Crippen molar-refractivity contribution < 1.29 is 18.0 Å². The average molecular weight is 415 g/mol. The molecule has 0 amide bonds. The molecule has 0 radical (unpaired) electrons. The fourth-order valence-corrected chi connectivity index (χ4v) is 3.68. The van der Waals surface area contributed by atoms with Gasteiger partial charge in [0.25, 0.3) is 0 Å². The SMILES string of the molecule is Cc1cccc(N2CCN(C(C=O)Cn3nc(C(F)(F)F)c(Cl)c3C)CC2)c1. The standard InChI is InChI=1S/C19H22ClF3N4O/c1-13-4-3-5-15(10-13)25-6-8-26(9-7-25)16(12-28)11-27-14(2)17(20)18(24-27)19(21,22)23/h3-5,10,12,16H,6-9,11H2,1-2H3. The molecule has 1 aromatic heterocycles. The van der Waals surface area contributed by atoms with E-state index in [1.807, 2.05) is 30.0 Å². The van der Waals surface area contributed by atoms with Crippen LogP contribution >= 0.6 is 11.6 Å². The van der Waals surface area contributed by atoms with E-state index in [0.717, 1.165) is 25.1 Å². The number of alkyl halides is 3. The second kappa shape index (κ2) is 8.13. The van der Waals surface area contributed by atoms with Crippen LogP contribution in [0.3, 0.4) is 0 Å². The van der Waals surface area contributed by atoms with E-state index in [9.17, 15) is 18.0 Å². The molecule has 1 aromatic carbocycles. The van der Waals surface area contributed by atoms with Crippen LogP contribution in [0.25, 0.3) is 0 Å². The Kier molecular flexibility index (Phi) is 6.00. The maximum absolute atomic E-state index is 13.0. The first-order valence-electron chi connectivity index (χ1n) is 9.01. The Labute approximate surface area is 166 Å². The number of hydrogen-bond acceptors (Lipinski definition) is 4. The zero-order chi connectivity index (χ0) is 20.5. The van der Waals surface area contributed by atoms with Crippen LogP contribution in [0, 0.1) is 13.8 Å². The molecule has 9 heteroatoms. The number of aryl methyl sites for hydroxylation is 1. The normalized spacial score (nSPS) is 17.0. The van der Waals surface area contributed by atoms with Crippen molar-refractivity contribution in [3.05, 3.63) is 46.2 Å². The molecule has 1 aliphatic rings. The summed E-state index contributed by atoms with van der Waals surface area (Å²) in [4.78, 5) is 15.9. The lowest BCUT2D eigenvalue weighted by molar-refractivity contribution is -0.141. The molecular formula is C19H22ClF3N4O. The van der Waals surface area contributed by atoms with E-state index in [1.54, 1.807) is 0 Å². The van der Waals surface area contributed by atoms with Gasteiger partial charge in [0, 0.05) is 31.9 Å². The van der Waals surface area contributed by atoms with E-state index >= 15 is 0 Å². The minimum atomic E-state index is -4.62. The van der Waals surface area contributed by atoms with E-state index in [1.165, 1.54) is 17.2 Å². The van der Waals surface area contributed by atoms with Crippen LogP contribution in [0.5, 0.6) is 0 Å². The molecule has 1 unspecified atom stereocenters. The van der Waals surface area contributed by atoms with Gasteiger partial charge in [-0.05, 0) is 31.5 Å². The van der Waals surface area contributed by atoms with E-state index in [4.69, 9.17) is 11.6 Å². The molecule has 5 nitrogen and oxygen atoms in total. The first-order chi connectivity index (χ1) is 13.2. The molecule has 0 aliphatic carbocycles. The lowest BCUT2D eigenvalue weighted by Gasteiger charge is -2.38. The molecule has 1 aliphatic heterocycles. The summed E-state index contributed by atoms with van der Waals surface area (Å²) in [7, 11) is 0. The minimum absolute atomic E-state index is 0.0373. The molecule has 0 N–H and O–H groups in total. The second-order valence-corrected chi connectivity index (χ2v) is 7.37. The summed E-state index contributed by atoms with van der Waals surface area (Å²) in [5.41, 5.74) is 1.41. The van der Waals surface area contributed by atoms with Crippen LogP contribution < -0.4 is 4.90 Å². The Morgan fingerprint density at radius 2 is 1.89 bits per heavy atom. The van der Waals surface area contributed by atoms with Crippen LogP contribution in [0.2, 0.25) is 5.02 Å². The van der Waals surface area contributed by atoms with Crippen LogP contribution in [0.1, 0.15) is 17.0 Å². The Balaban J connectivity index is 1.68. The Morgan fingerprint density at radius 1 is 1.21 bits per heavy atom. The molecule has 0 spiro atoms. The van der Waals surface area contributed by atoms with Gasteiger partial charge in [0.2, 0.25) is 0 Å². The fraction of sp³-hybridized carbons (Fsp3) is 0.474. The molecule has 28 heavy (non-hydrogen) atoms. The topological polar surface area (TPSA) is 41.4 Å². The first-order valence-corrected chi connectivity index (χ1v) is 9.39. The number of benzene rings is 1. The molecule has 2 heterocycles. The highest BCUT2D eigenvalue weighted by molar-refractivity contribution is 6.31. The van der Waals surface area contributed by atoms with Crippen LogP contribution in [-0.4, -0.2) is 53.2 Å². The average Bonchev–Trinajstić information content (AvgIpc) is 2.95. The number of nitrogens with zero attached hydrogens (tertiary/aromatic N) is 4. The lowest BCUT2D eigenvalue weighted by atomic mass is 10.1. The van der Waals surface area contributed by atoms with E-state index in [0.29, 0.717) is 13.1 Å². The third-order valence-electron chi connectivity index (χ3n) is 5.07. The zero-order valence-electron chi connectivity index (χ0n) is 15.7. The fourth-order valence-electron chi connectivity index (χ4n) is 3.44. The van der Waals surface area contributed by atoms with Crippen LogP contribution in [-0.2, 0) is 17.5 Å². The zero-order valence-corrected chi connectivity index (χ0v) is 16.5. The summed E-state index contributed by atoms with van der Waals surface area (Å²) in [6.07, 6.45) is -3.85. The first kappa shape index (κ1) is 20.7. The number of carbonyl (C=O) groups excluding carboxylic acids is 1. The number of aromatic nitrogens is 2. The highest BCUT2D eigenvalue weighted by atomic mass is 35.5. The Bertz CT molecular complexity index is 844. The molecule has 2 aromatic rings. The Morgan fingerprint density at radius 3 is 2.43 bits per heavy atom. The minimum Gasteiger partial charge on any atom is -0.369 e. The predicted molar refractivity (Wildman–Crippen MR) is 102 cm³/mol. The maximum atomic E-state index is 13.0. The largest absolute Gasteiger partial charge is 0.436 e. The van der Waals surface area contributed by atoms with Gasteiger partial charge >= 0.3 is 6.18 Å². The van der Waals surface area contributed by atoms with Gasteiger partial charge in [-0.2, -0.15) is 18.3 Å². The monoisotopic (exact) mass is 414 g/mol. The van der Waals surface area contributed by atoms with Gasteiger partial charge in [-0.25, -0.2) is 0 Å². The third kappa shape index (κ3) is 4.33. The number of carbonyl (C=O) groups is 1. The van der Waals surface area contributed by atoms with Crippen molar-refractivity contribution >= 4 is 23.6 Å². The quantitative estimate of drug-likeness (QED) is 0.701. The molecule has 0 bridgehead atoms. The number of anilines is 1. The summed E-state index contributed by atoms with van der Waals surface area (Å²) in [6, 6.07) is 7.65. The summed E-state index contributed by atoms with van der Waals surface area (Å²) in [5.74, 6) is 0. The molecule has 152 valence electrons. The smallest absolute Gasteiger partial charge is 0.369 e. The van der Waals surface area contributed by atoms with Gasteiger partial charge < -0.3 is 9.69 Å². The molecule has 1 atom stereocenters. The third-order valence-corrected chi connectivity index (χ3v) is 5.52. The molecule has 1 fully saturated rings. The predicted octanol–water partition coefficient (Wildman–Crippen LogP) is 3.56. The van der Waals surface area contributed by atoms with Crippen LogP contribution in [0.4, 0.5) is 18.9 Å². The highest BCUT2D eigenvalue weighted by Crippen LogP contribution is 2.35. The number of aldehydes is 1. The van der Waals surface area contributed by atoms with Gasteiger partial charge in [-0.15, -0.1) is 0 Å². The van der Waals surface area contributed by atoms with Crippen molar-refractivity contribution in [3.63, 3.8) is 0 Å². The highest BCUT2D eigenvalue weighted by Gasteiger charge is 2.38. The maximum Gasteiger partial charge on any atom is 0.436 e. The summed E-state index contributed by atoms with van der Waals surface area (Å²) in [5, 5.41) is 3.18. The van der Waals surface area contributed by atoms with E-state index in [2.05, 4.69) is 16.1 Å². The van der Waals surface area contributed by atoms with Crippen molar-refractivity contribution in [3.8, 4) is 0 Å². The number of hydrogen-bond donors (Lipinski definition) is 0. The van der Waals surface area contributed by atoms with Crippen molar-refractivity contribution in [2.75, 3.05) is 31.1 Å². The number of rotatable bonds is 5. The van der Waals surface area contributed by atoms with Crippen molar-refractivity contribution in [2.24, 2.45) is 0 Å². The van der Waals surface area contributed by atoms with Gasteiger partial charge in [0.1, 0.15) is 6.29 Å². The van der Waals surface area contributed by atoms with Crippen molar-refractivity contribution in [1.82, 2.24) is 14.7 Å². The van der Waals surface area contributed by atoms with Gasteiger partial charge in [0.05, 0.1) is 23.3 Å². The molecular weight excluding hydrogens is 393 g/mol. The van der Waals surface area contributed by atoms with Crippen LogP contribution in [0.15, 0.2) is 24.3 Å². The van der Waals surface area contributed by atoms with E-state index in [-0.39, 0.29) is 12.2 Å². The second-order valence-electron chi connectivity index (χ2n) is 6.99. The number of halogens is 4.